The third-order valence-corrected chi connectivity index (χ3v) is 2.74. The summed E-state index contributed by atoms with van der Waals surface area (Å²) in [7, 11) is 1.26. The van der Waals surface area contributed by atoms with Gasteiger partial charge in [-0.05, 0) is 64.4 Å². The van der Waals surface area contributed by atoms with E-state index in [-0.39, 0.29) is 32.7 Å². The minimum absolute atomic E-state index is 0. The van der Waals surface area contributed by atoms with Gasteiger partial charge in [-0.25, -0.2) is 0 Å². The number of methoxy groups -OCH3 is 1. The number of nitrogens with one attached hydrogen (secondary N) is 1. The summed E-state index contributed by atoms with van der Waals surface area (Å²) in [6, 6.07) is 5.15. The number of ether oxygens (including phenoxy) is 1. The van der Waals surface area contributed by atoms with Crippen LogP contribution in [-0.4, -0.2) is 24.0 Å². The van der Waals surface area contributed by atoms with Gasteiger partial charge in [0.05, 0.1) is 17.3 Å². The maximum atomic E-state index is 11.0. The summed E-state index contributed by atoms with van der Waals surface area (Å²) in [5, 5.41) is 19.5. The van der Waals surface area contributed by atoms with Gasteiger partial charge in [-0.1, -0.05) is 24.0 Å². The van der Waals surface area contributed by atoms with Gasteiger partial charge < -0.3 is 10.5 Å². The molecule has 0 fully saturated rings. The molecule has 1 rings (SSSR count). The molecule has 0 saturated carbocycles. The van der Waals surface area contributed by atoms with E-state index >= 15 is 0 Å². The average molecular weight is 537 g/mol. The quantitative estimate of drug-likeness (QED) is 0.0944. The molecular formula is C21H30Cl2N4O8. The zero-order valence-electron chi connectivity index (χ0n) is 17.3. The first-order chi connectivity index (χ1) is 15.9. The number of hydrogen-bond donors (Lipinski definition) is 2. The molecule has 196 valence electrons. The molecule has 0 saturated heterocycles. The highest BCUT2D eigenvalue weighted by Gasteiger charge is 2.14. The number of nitro groups is 1. The van der Waals surface area contributed by atoms with Crippen LogP contribution in [0.25, 0.3) is 0 Å². The highest BCUT2D eigenvalue weighted by Crippen LogP contribution is 2.13. The molecule has 0 unspecified atom stereocenters. The molecule has 0 aliphatic carbocycles. The molecule has 0 spiro atoms. The zero-order valence-corrected chi connectivity index (χ0v) is 18.8. The highest BCUT2D eigenvalue weighted by molar-refractivity contribution is 6.06. The van der Waals surface area contributed by atoms with Crippen molar-refractivity contribution in [1.82, 2.24) is 0 Å². The van der Waals surface area contributed by atoms with Crippen molar-refractivity contribution in [2.75, 3.05) is 7.11 Å². The minimum Gasteiger partial charge on any atom is -0.468 e. The van der Waals surface area contributed by atoms with Crippen molar-refractivity contribution in [3.05, 3.63) is 39.9 Å². The summed E-state index contributed by atoms with van der Waals surface area (Å²) in [6.45, 7) is 0. The lowest BCUT2D eigenvalue weighted by Crippen LogP contribution is -2.33. The van der Waals surface area contributed by atoms with E-state index in [1.54, 1.807) is 12.1 Å². The Kier molecular flexibility index (Phi) is 30.1. The Balaban J connectivity index is -0.0000000509. The predicted molar refractivity (Wildman–Crippen MR) is 138 cm³/mol. The number of hydrogen-bond acceptors (Lipinski definition) is 11. The van der Waals surface area contributed by atoms with E-state index in [0.717, 1.165) is 5.56 Å². The maximum Gasteiger partial charge on any atom is 0.322 e. The van der Waals surface area contributed by atoms with Crippen LogP contribution in [0.2, 0.25) is 0 Å². The Hall–Kier alpha value is -4.29. The first-order valence-corrected chi connectivity index (χ1v) is 8.31. The van der Waals surface area contributed by atoms with Gasteiger partial charge in [0.15, 0.2) is 0 Å². The van der Waals surface area contributed by atoms with Crippen molar-refractivity contribution >= 4 is 35.9 Å². The number of carbonyl (C=O) groups excluding carboxylic acids is 1. The Labute approximate surface area is 221 Å². The van der Waals surface area contributed by atoms with Gasteiger partial charge in [-0.3, -0.25) is 14.9 Å². The van der Waals surface area contributed by atoms with Gasteiger partial charge >= 0.3 is 5.97 Å². The van der Waals surface area contributed by atoms with Crippen LogP contribution in [0.5, 0.6) is 0 Å². The van der Waals surface area contributed by atoms with Gasteiger partial charge in [-0.15, -0.1) is 25.3 Å². The lowest BCUT2D eigenvalue weighted by atomic mass is 10.1. The average Bonchev–Trinajstić information content (AvgIpc) is 2.82. The molecular weight excluding hydrogens is 507 g/mol. The molecule has 1 aromatic carbocycles. The molecule has 35 heavy (non-hydrogen) atoms. The van der Waals surface area contributed by atoms with Gasteiger partial charge in [0.1, 0.15) is 17.9 Å². The Morgan fingerprint density at radius 1 is 1.17 bits per heavy atom. The van der Waals surface area contributed by atoms with Crippen LogP contribution in [0.15, 0.2) is 29.5 Å². The van der Waals surface area contributed by atoms with E-state index in [9.17, 15) is 14.9 Å². The second-order valence-electron chi connectivity index (χ2n) is 4.66. The monoisotopic (exact) mass is 536 g/mol. The van der Waals surface area contributed by atoms with E-state index in [1.165, 1.54) is 19.2 Å². The summed E-state index contributed by atoms with van der Waals surface area (Å²) in [5.41, 5.74) is 12.2. The first-order valence-electron chi connectivity index (χ1n) is 8.00. The smallest absolute Gasteiger partial charge is 0.322 e. The molecule has 0 bridgehead atoms. The van der Waals surface area contributed by atoms with E-state index in [1.807, 2.05) is 0 Å². The number of carbonyl (C=O) groups is 1. The lowest BCUT2D eigenvalue weighted by molar-refractivity contribution is -0.612. The fourth-order valence-corrected chi connectivity index (χ4v) is 1.50. The number of nitrogens with zero attached hydrogens (tertiary/aromatic N) is 2. The van der Waals surface area contributed by atoms with E-state index in [0.29, 0.717) is 6.42 Å². The number of benzene rings is 1. The van der Waals surface area contributed by atoms with Crippen molar-refractivity contribution in [3.63, 3.8) is 0 Å². The van der Waals surface area contributed by atoms with E-state index in [2.05, 4.69) is 88.7 Å². The van der Waals surface area contributed by atoms with Crippen LogP contribution in [-0.2, 0) is 35.5 Å². The number of rotatable bonds is 8. The summed E-state index contributed by atoms with van der Waals surface area (Å²) < 4.78 is 7.80. The Morgan fingerprint density at radius 3 is 2.03 bits per heavy atom. The molecule has 1 atom stereocenters. The molecule has 12 nitrogen and oxygen atoms in total. The van der Waals surface area contributed by atoms with Gasteiger partial charge in [0, 0.05) is 24.3 Å². The number of halogens is 2. The van der Waals surface area contributed by atoms with Crippen LogP contribution in [0.1, 0.15) is 20.1 Å². The van der Waals surface area contributed by atoms with Crippen molar-refractivity contribution < 1.29 is 41.1 Å². The van der Waals surface area contributed by atoms with Crippen LogP contribution < -0.4 is 5.73 Å². The van der Waals surface area contributed by atoms with Crippen molar-refractivity contribution in [2.24, 2.45) is 11.0 Å². The molecule has 0 amide bonds. The third kappa shape index (κ3) is 24.2. The molecule has 0 aliphatic heterocycles. The number of nitrogens with two attached hydrogens (primary N) is 1. The van der Waals surface area contributed by atoms with E-state index < -0.39 is 16.9 Å². The van der Waals surface area contributed by atoms with E-state index in [4.69, 9.17) is 24.1 Å². The van der Waals surface area contributed by atoms with Crippen LogP contribution >= 0.6 is 24.3 Å². The topological polar surface area (TPSA) is 169 Å². The Bertz CT molecular complexity index is 1020. The van der Waals surface area contributed by atoms with Crippen molar-refractivity contribution in [3.8, 4) is 60.2 Å². The van der Waals surface area contributed by atoms with Crippen LogP contribution in [0, 0.1) is 75.9 Å². The largest absolute Gasteiger partial charge is 0.468 e. The number of nitro benzene ring substituents is 1. The fraction of sp³-hybridized carbons (Fsp3) is 0.190. The molecule has 0 aromatic heterocycles. The number of terminal acetylenes is 2. The Morgan fingerprint density at radius 2 is 1.66 bits per heavy atom. The minimum atomic E-state index is -0.744. The molecule has 0 aliphatic rings. The maximum absolute atomic E-state index is 11.0. The summed E-state index contributed by atoms with van der Waals surface area (Å²) in [4.78, 5) is 24.4. The molecule has 14 heteroatoms. The highest BCUT2D eigenvalue weighted by atomic mass is 35.5. The second-order valence-corrected chi connectivity index (χ2v) is 4.79. The fourth-order valence-electron chi connectivity index (χ4n) is 1.48. The molecule has 0 heterocycles. The lowest BCUT2D eigenvalue weighted by Gasteiger charge is -2.08. The SMILES string of the molecule is C.C#CC#CC#CC#CC#C.COC(=O)[C@@H](N)Cc1ccc([N+](=O)[O-])cc1.Cl.N=NOOOOCl.[HH].[HH].[HH].[HH].[HH]. The summed E-state index contributed by atoms with van der Waals surface area (Å²) >= 11 is 4.41. The normalized spacial score (nSPS) is 8.03. The number of non-ortho nitro benzene ring substituents is 1. The van der Waals surface area contributed by atoms with Crippen molar-refractivity contribution in [1.29, 1.82) is 5.53 Å². The standard InChI is InChI=1S/C10H12N2O4.C10H2.CH4.ClHN2O4.ClH.5H2/c1-16-10(13)9(11)6-7-2-4-8(5-3-7)12(14)15;1-3-5-7-9-10-8-6-4-2;;1-4-6-7-5-3-2;;;;;;/h2-5,9H,6,11H2,1H3;1-2H;1H4;2H;6*1H/t9-;;;;;;;;;/m0........./s1. The summed E-state index contributed by atoms with van der Waals surface area (Å²) in [5.74, 6) is 17.9. The summed E-state index contributed by atoms with van der Waals surface area (Å²) in [6.07, 6.45) is 9.92. The van der Waals surface area contributed by atoms with Gasteiger partial charge in [-0.2, -0.15) is 10.5 Å². The van der Waals surface area contributed by atoms with Gasteiger partial charge in [0.25, 0.3) is 5.69 Å². The zero-order chi connectivity index (χ0) is 25.3. The molecule has 3 N–H and O–H groups in total. The predicted octanol–water partition coefficient (Wildman–Crippen LogP) is 4.09. The van der Waals surface area contributed by atoms with Crippen molar-refractivity contribution in [2.45, 2.75) is 19.9 Å². The molecule has 1 aromatic rings. The third-order valence-electron chi connectivity index (χ3n) is 2.68. The van der Waals surface area contributed by atoms with Crippen LogP contribution in [0.3, 0.4) is 0 Å². The first kappa shape index (κ1) is 38.0. The van der Waals surface area contributed by atoms with Gasteiger partial charge in [0.2, 0.25) is 0 Å². The number of esters is 1. The second kappa shape index (κ2) is 27.7. The van der Waals surface area contributed by atoms with Crippen LogP contribution in [0.4, 0.5) is 5.69 Å². The molecule has 0 radical (unpaired) electrons.